The number of aromatic nitrogens is 2. The van der Waals surface area contributed by atoms with Crippen LogP contribution in [-0.2, 0) is 0 Å². The molecule has 0 bridgehead atoms. The molecule has 0 atom stereocenters. The van der Waals surface area contributed by atoms with Crippen molar-refractivity contribution in [2.24, 2.45) is 0 Å². The number of nitrogens with zero attached hydrogens (tertiary/aromatic N) is 2. The Labute approximate surface area is 323 Å². The Morgan fingerprint density at radius 1 is 0.691 bits per heavy atom. The predicted octanol–water partition coefficient (Wildman–Crippen LogP) is 11.3. The number of para-hydroxylation sites is 1. The molecule has 0 saturated heterocycles. The zero-order valence-electron chi connectivity index (χ0n) is 31.3. The Hall–Kier alpha value is -6.62. The monoisotopic (exact) mass is 728 g/mol. The van der Waals surface area contributed by atoms with Gasteiger partial charge >= 0.3 is 0 Å². The van der Waals surface area contributed by atoms with Gasteiger partial charge in [0.05, 0.1) is 27.8 Å². The molecule has 0 amide bonds. The SMILES string of the molecule is C=C/C=c1\c(=C/C)oc2ccc(/C(C=C)=c3/c(=C\C)c4c5c(C=C)c(/C=C\C)n(-c6ccccc6)c5ccc4n3-c3cccc4sc5ccccc5c34)cc12. The van der Waals surface area contributed by atoms with Gasteiger partial charge in [-0.05, 0) is 93.1 Å². The van der Waals surface area contributed by atoms with Gasteiger partial charge in [0.25, 0.3) is 0 Å². The first-order chi connectivity index (χ1) is 27.1. The Morgan fingerprint density at radius 3 is 2.18 bits per heavy atom. The summed E-state index contributed by atoms with van der Waals surface area (Å²) in [6, 6.07) is 37.1. The molecule has 4 aromatic heterocycles. The Bertz CT molecular complexity index is 3340. The lowest BCUT2D eigenvalue weighted by Gasteiger charge is -2.12. The fourth-order valence-electron chi connectivity index (χ4n) is 8.52. The van der Waals surface area contributed by atoms with E-state index in [0.717, 1.165) is 77.0 Å². The van der Waals surface area contributed by atoms with Crippen molar-refractivity contribution in [1.29, 1.82) is 0 Å². The highest BCUT2D eigenvalue weighted by molar-refractivity contribution is 7.25. The van der Waals surface area contributed by atoms with Gasteiger partial charge < -0.3 is 13.6 Å². The van der Waals surface area contributed by atoms with Crippen molar-refractivity contribution in [2.75, 3.05) is 0 Å². The van der Waals surface area contributed by atoms with Crippen LogP contribution in [0.5, 0.6) is 0 Å². The van der Waals surface area contributed by atoms with Gasteiger partial charge in [-0.25, -0.2) is 0 Å². The molecule has 55 heavy (non-hydrogen) atoms. The zero-order valence-corrected chi connectivity index (χ0v) is 32.1. The first kappa shape index (κ1) is 34.2. The maximum atomic E-state index is 6.29. The molecule has 4 heteroatoms. The second kappa shape index (κ2) is 13.7. The third-order valence-electron chi connectivity index (χ3n) is 10.7. The number of benzene rings is 5. The molecule has 9 rings (SSSR count). The summed E-state index contributed by atoms with van der Waals surface area (Å²) in [6.45, 7) is 19.1. The second-order valence-corrected chi connectivity index (χ2v) is 14.6. The molecule has 0 N–H and O–H groups in total. The molecule has 0 saturated carbocycles. The smallest absolute Gasteiger partial charge is 0.135 e. The lowest BCUT2D eigenvalue weighted by Crippen LogP contribution is -2.31. The number of thiophene rings is 1. The Balaban J connectivity index is 1.55. The van der Waals surface area contributed by atoms with E-state index in [1.165, 1.54) is 30.9 Å². The summed E-state index contributed by atoms with van der Waals surface area (Å²) in [6.07, 6.45) is 16.5. The van der Waals surface area contributed by atoms with Gasteiger partial charge in [-0.1, -0.05) is 105 Å². The molecular weight excluding hydrogens is 689 g/mol. The fraction of sp³-hybridized carbons (Fsp3) is 0.0588. The third kappa shape index (κ3) is 5.10. The van der Waals surface area contributed by atoms with Gasteiger partial charge in [-0.3, -0.25) is 0 Å². The maximum absolute atomic E-state index is 6.29. The highest BCUT2D eigenvalue weighted by atomic mass is 32.1. The number of hydrogen-bond acceptors (Lipinski definition) is 2. The molecule has 0 aliphatic heterocycles. The van der Waals surface area contributed by atoms with Crippen LogP contribution in [-0.4, -0.2) is 9.13 Å². The predicted molar refractivity (Wildman–Crippen MR) is 240 cm³/mol. The number of fused-ring (bicyclic) bond motifs is 7. The van der Waals surface area contributed by atoms with Crippen molar-refractivity contribution in [3.05, 3.63) is 179 Å². The molecule has 266 valence electrons. The number of hydrogen-bond donors (Lipinski definition) is 0. The van der Waals surface area contributed by atoms with Crippen LogP contribution in [0.2, 0.25) is 0 Å². The van der Waals surface area contributed by atoms with Gasteiger partial charge in [0.1, 0.15) is 11.0 Å². The first-order valence-electron chi connectivity index (χ1n) is 18.6. The minimum absolute atomic E-state index is 0.833. The van der Waals surface area contributed by atoms with Crippen molar-refractivity contribution >= 4 is 100 Å². The summed E-state index contributed by atoms with van der Waals surface area (Å²) in [5.41, 5.74) is 10.4. The molecule has 0 radical (unpaired) electrons. The van der Waals surface area contributed by atoms with E-state index in [2.05, 4.69) is 164 Å². The van der Waals surface area contributed by atoms with E-state index in [9.17, 15) is 0 Å². The van der Waals surface area contributed by atoms with Crippen LogP contribution in [0.3, 0.4) is 0 Å². The molecular formula is C51H40N2OS. The van der Waals surface area contributed by atoms with E-state index in [-0.39, 0.29) is 0 Å². The van der Waals surface area contributed by atoms with Crippen LogP contribution >= 0.6 is 11.3 Å². The highest BCUT2D eigenvalue weighted by Crippen LogP contribution is 2.40. The number of allylic oxidation sites excluding steroid dienone is 3. The minimum Gasteiger partial charge on any atom is -0.456 e. The first-order valence-corrected chi connectivity index (χ1v) is 19.5. The largest absolute Gasteiger partial charge is 0.456 e. The molecule has 0 spiro atoms. The van der Waals surface area contributed by atoms with Crippen LogP contribution in [0, 0.1) is 0 Å². The summed E-state index contributed by atoms with van der Waals surface area (Å²) in [7, 11) is 0. The van der Waals surface area contributed by atoms with Crippen molar-refractivity contribution in [3.63, 3.8) is 0 Å². The van der Waals surface area contributed by atoms with E-state index in [1.54, 1.807) is 0 Å². The average molecular weight is 729 g/mol. The molecule has 9 aromatic rings. The standard InChI is InChI=1S/C51H40N2OS/c1-7-19-37-39-31-32(27-30-45(39)54-44(37)12-6)34(9-3)51-36(11-5)50-43(53(51)41-24-18-26-47-48(41)38-23-16-17-25-46(38)55-47)29-28-42-49(50)35(10-4)40(20-8-2)52(42)33-21-14-13-15-22-33/h7-31H,1,3-4H2,2,5-6H3/b20-8-,36-11-,37-19-,44-12+,51-34-. The van der Waals surface area contributed by atoms with E-state index in [4.69, 9.17) is 4.42 Å². The summed E-state index contributed by atoms with van der Waals surface area (Å²) in [5.74, 6) is 0. The third-order valence-corrected chi connectivity index (χ3v) is 11.8. The van der Waals surface area contributed by atoms with Crippen LogP contribution in [0.1, 0.15) is 37.6 Å². The minimum atomic E-state index is 0.833. The summed E-state index contributed by atoms with van der Waals surface area (Å²) < 4.78 is 13.6. The van der Waals surface area contributed by atoms with Crippen LogP contribution in [0.25, 0.3) is 100 Å². The lowest BCUT2D eigenvalue weighted by atomic mass is 10.0. The molecule has 0 aliphatic carbocycles. The molecule has 4 heterocycles. The van der Waals surface area contributed by atoms with Crippen molar-refractivity contribution < 1.29 is 4.42 Å². The molecule has 5 aromatic carbocycles. The van der Waals surface area contributed by atoms with E-state index in [1.807, 2.05) is 48.6 Å². The van der Waals surface area contributed by atoms with Crippen molar-refractivity contribution in [2.45, 2.75) is 20.8 Å². The van der Waals surface area contributed by atoms with Gasteiger partial charge in [-0.2, -0.15) is 0 Å². The Morgan fingerprint density at radius 2 is 1.45 bits per heavy atom. The molecule has 0 aliphatic rings. The van der Waals surface area contributed by atoms with Gasteiger partial charge in [-0.15, -0.1) is 11.3 Å². The Kier molecular flexibility index (Phi) is 8.49. The topological polar surface area (TPSA) is 23.0 Å². The van der Waals surface area contributed by atoms with E-state index < -0.39 is 0 Å². The second-order valence-electron chi connectivity index (χ2n) is 13.6. The molecule has 0 fully saturated rings. The average Bonchev–Trinajstić information content (AvgIpc) is 3.96. The van der Waals surface area contributed by atoms with Crippen molar-refractivity contribution in [3.8, 4) is 11.4 Å². The van der Waals surface area contributed by atoms with Crippen LogP contribution in [0.4, 0.5) is 0 Å². The number of rotatable bonds is 7. The van der Waals surface area contributed by atoms with Gasteiger partial charge in [0.2, 0.25) is 0 Å². The summed E-state index contributed by atoms with van der Waals surface area (Å²) >= 11 is 1.84. The molecule has 3 nitrogen and oxygen atoms in total. The lowest BCUT2D eigenvalue weighted by molar-refractivity contribution is 0.575. The summed E-state index contributed by atoms with van der Waals surface area (Å²) in [5, 5.41) is 9.11. The van der Waals surface area contributed by atoms with Crippen LogP contribution < -0.4 is 21.2 Å². The quantitative estimate of drug-likeness (QED) is 0.160. The van der Waals surface area contributed by atoms with Crippen molar-refractivity contribution in [1.82, 2.24) is 9.13 Å². The maximum Gasteiger partial charge on any atom is 0.135 e. The van der Waals surface area contributed by atoms with Gasteiger partial charge in [0.15, 0.2) is 0 Å². The number of furan rings is 1. The van der Waals surface area contributed by atoms with E-state index >= 15 is 0 Å². The highest BCUT2D eigenvalue weighted by Gasteiger charge is 2.23. The zero-order chi connectivity index (χ0) is 37.8. The normalized spacial score (nSPS) is 13.8. The van der Waals surface area contributed by atoms with Crippen LogP contribution in [0.15, 0.2) is 146 Å². The summed E-state index contributed by atoms with van der Waals surface area (Å²) in [4.78, 5) is 0. The molecule has 0 unspecified atom stereocenters. The van der Waals surface area contributed by atoms with Gasteiger partial charge in [0, 0.05) is 63.6 Å². The fourth-order valence-corrected chi connectivity index (χ4v) is 9.64. The van der Waals surface area contributed by atoms with E-state index in [0.29, 0.717) is 0 Å².